The molecule has 4 rings (SSSR count). The lowest BCUT2D eigenvalue weighted by molar-refractivity contribution is -0.140. The van der Waals surface area contributed by atoms with Crippen LogP contribution in [-0.2, 0) is 9.59 Å². The molecular weight excluding hydrogens is 284 g/mol. The lowest BCUT2D eigenvalue weighted by Gasteiger charge is -2.17. The molecule has 7 nitrogen and oxygen atoms in total. The lowest BCUT2D eigenvalue weighted by atomic mass is 9.85. The van der Waals surface area contributed by atoms with E-state index < -0.39 is 0 Å². The molecule has 1 aromatic heterocycles. The van der Waals surface area contributed by atoms with Crippen molar-refractivity contribution in [2.75, 3.05) is 13.1 Å². The van der Waals surface area contributed by atoms with Crippen molar-refractivity contribution in [2.45, 2.75) is 6.42 Å². The summed E-state index contributed by atoms with van der Waals surface area (Å²) in [7, 11) is 0. The topological polar surface area (TPSA) is 84.3 Å². The van der Waals surface area contributed by atoms with Gasteiger partial charge in [-0.15, -0.1) is 0 Å². The second-order valence-corrected chi connectivity index (χ2v) is 6.03. The zero-order valence-electron chi connectivity index (χ0n) is 11.9. The van der Waals surface area contributed by atoms with Crippen molar-refractivity contribution in [3.05, 3.63) is 30.9 Å². The lowest BCUT2D eigenvalue weighted by Crippen LogP contribution is -2.40. The molecule has 1 saturated heterocycles. The number of carbonyl (C=O) groups is 3. The number of nitrogens with zero attached hydrogens (tertiary/aromatic N) is 3. The Bertz CT molecular complexity index is 636. The van der Waals surface area contributed by atoms with Crippen LogP contribution in [0.25, 0.3) is 0 Å². The Morgan fingerprint density at radius 3 is 2.50 bits per heavy atom. The predicted molar refractivity (Wildman–Crippen MR) is 75.5 cm³/mol. The van der Waals surface area contributed by atoms with Crippen LogP contribution in [0.4, 0.5) is 4.79 Å². The molecular formula is C15H16N4O3. The van der Waals surface area contributed by atoms with Crippen LogP contribution >= 0.6 is 0 Å². The number of hydrogen-bond donors (Lipinski definition) is 1. The van der Waals surface area contributed by atoms with Crippen molar-refractivity contribution in [2.24, 2.45) is 23.7 Å². The highest BCUT2D eigenvalue weighted by Crippen LogP contribution is 2.52. The highest BCUT2D eigenvalue weighted by atomic mass is 16.2. The van der Waals surface area contributed by atoms with Gasteiger partial charge in [0.15, 0.2) is 0 Å². The molecule has 2 heterocycles. The van der Waals surface area contributed by atoms with E-state index in [4.69, 9.17) is 0 Å². The Balaban J connectivity index is 1.37. The van der Waals surface area contributed by atoms with Gasteiger partial charge in [-0.05, 0) is 18.3 Å². The number of imidazole rings is 1. The first-order valence-corrected chi connectivity index (χ1v) is 7.46. The standard InChI is InChI=1S/C15H16N4O3/c20-13-11-9-1-2-10(7-9)12(11)14(21)19(13)6-4-17-15(22)18-5-3-16-8-18/h1-3,5,8-12H,4,6-7H2,(H,17,22). The Morgan fingerprint density at radius 1 is 1.23 bits per heavy atom. The number of fused-ring (bicyclic) bond motifs is 5. The molecule has 1 saturated carbocycles. The van der Waals surface area contributed by atoms with Gasteiger partial charge < -0.3 is 5.32 Å². The molecule has 1 aliphatic heterocycles. The predicted octanol–water partition coefficient (Wildman–Crippen LogP) is 0.248. The number of likely N-dealkylation sites (tertiary alicyclic amines) is 1. The summed E-state index contributed by atoms with van der Waals surface area (Å²) in [6.07, 6.45) is 9.52. The molecule has 0 radical (unpaired) electrons. The minimum atomic E-state index is -0.321. The van der Waals surface area contributed by atoms with Gasteiger partial charge in [0.05, 0.1) is 11.8 Å². The molecule has 7 heteroatoms. The number of amides is 3. The van der Waals surface area contributed by atoms with E-state index in [-0.39, 0.29) is 54.6 Å². The Kier molecular flexibility index (Phi) is 2.88. The molecule has 3 aliphatic rings. The molecule has 2 aliphatic carbocycles. The second-order valence-electron chi connectivity index (χ2n) is 6.03. The molecule has 0 spiro atoms. The summed E-state index contributed by atoms with van der Waals surface area (Å²) in [6.45, 7) is 0.473. The van der Waals surface area contributed by atoms with Gasteiger partial charge in [0, 0.05) is 25.5 Å². The minimum Gasteiger partial charge on any atom is -0.336 e. The molecule has 2 bridgehead atoms. The Labute approximate surface area is 127 Å². The van der Waals surface area contributed by atoms with Crippen molar-refractivity contribution >= 4 is 17.8 Å². The molecule has 4 unspecified atom stereocenters. The third kappa shape index (κ3) is 1.81. The van der Waals surface area contributed by atoms with Gasteiger partial charge in [-0.25, -0.2) is 9.78 Å². The number of imide groups is 1. The summed E-state index contributed by atoms with van der Waals surface area (Å²) < 4.78 is 1.31. The summed E-state index contributed by atoms with van der Waals surface area (Å²) >= 11 is 0. The van der Waals surface area contributed by atoms with Crippen molar-refractivity contribution < 1.29 is 14.4 Å². The average molecular weight is 300 g/mol. The van der Waals surface area contributed by atoms with Crippen molar-refractivity contribution in [1.29, 1.82) is 0 Å². The van der Waals surface area contributed by atoms with E-state index in [1.54, 1.807) is 0 Å². The van der Waals surface area contributed by atoms with Crippen molar-refractivity contribution in [3.63, 3.8) is 0 Å². The highest BCUT2D eigenvalue weighted by molar-refractivity contribution is 6.06. The van der Waals surface area contributed by atoms with Gasteiger partial charge in [-0.3, -0.25) is 19.1 Å². The molecule has 0 aromatic carbocycles. The monoisotopic (exact) mass is 300 g/mol. The molecule has 114 valence electrons. The zero-order valence-corrected chi connectivity index (χ0v) is 11.9. The summed E-state index contributed by atoms with van der Waals surface area (Å²) in [5.41, 5.74) is 0. The summed E-state index contributed by atoms with van der Waals surface area (Å²) in [6, 6.07) is -0.321. The highest BCUT2D eigenvalue weighted by Gasteiger charge is 2.58. The van der Waals surface area contributed by atoms with E-state index >= 15 is 0 Å². The maximum absolute atomic E-state index is 12.4. The normalized spacial score (nSPS) is 31.9. The van der Waals surface area contributed by atoms with Crippen LogP contribution in [0.1, 0.15) is 6.42 Å². The zero-order chi connectivity index (χ0) is 15.3. The van der Waals surface area contributed by atoms with Crippen molar-refractivity contribution in [1.82, 2.24) is 19.8 Å². The van der Waals surface area contributed by atoms with Crippen molar-refractivity contribution in [3.8, 4) is 0 Å². The average Bonchev–Trinajstić information content (AvgIpc) is 3.27. The van der Waals surface area contributed by atoms with Crippen LogP contribution in [0.15, 0.2) is 30.9 Å². The maximum Gasteiger partial charge on any atom is 0.326 e. The number of nitrogens with one attached hydrogen (secondary N) is 1. The largest absolute Gasteiger partial charge is 0.336 e. The first-order valence-electron chi connectivity index (χ1n) is 7.46. The number of carbonyl (C=O) groups excluding carboxylic acids is 3. The Morgan fingerprint density at radius 2 is 1.91 bits per heavy atom. The van der Waals surface area contributed by atoms with Crippen LogP contribution in [-0.4, -0.2) is 45.4 Å². The molecule has 1 aromatic rings. The van der Waals surface area contributed by atoms with Gasteiger partial charge in [0.1, 0.15) is 6.33 Å². The minimum absolute atomic E-state index is 0.0799. The fourth-order valence-corrected chi connectivity index (χ4v) is 3.93. The van der Waals surface area contributed by atoms with Crippen LogP contribution in [0.3, 0.4) is 0 Å². The van der Waals surface area contributed by atoms with Gasteiger partial charge in [0.2, 0.25) is 11.8 Å². The smallest absolute Gasteiger partial charge is 0.326 e. The number of allylic oxidation sites excluding steroid dienone is 2. The number of hydrogen-bond acceptors (Lipinski definition) is 4. The molecule has 22 heavy (non-hydrogen) atoms. The third-order valence-corrected chi connectivity index (χ3v) is 4.91. The molecule has 3 amide bonds. The van der Waals surface area contributed by atoms with E-state index in [2.05, 4.69) is 22.5 Å². The van der Waals surface area contributed by atoms with Crippen LogP contribution in [0.5, 0.6) is 0 Å². The van der Waals surface area contributed by atoms with E-state index in [1.807, 2.05) is 0 Å². The molecule has 2 fully saturated rings. The summed E-state index contributed by atoms with van der Waals surface area (Å²) in [5, 5.41) is 2.68. The van der Waals surface area contributed by atoms with E-state index in [0.29, 0.717) is 0 Å². The SMILES string of the molecule is O=C1C2C3C=CC(C3)C2C(=O)N1CCNC(=O)n1ccnc1. The first-order chi connectivity index (χ1) is 10.7. The second kappa shape index (κ2) is 4.79. The van der Waals surface area contributed by atoms with Gasteiger partial charge in [-0.2, -0.15) is 0 Å². The van der Waals surface area contributed by atoms with E-state index in [1.165, 1.54) is 28.2 Å². The van der Waals surface area contributed by atoms with E-state index in [9.17, 15) is 14.4 Å². The summed E-state index contributed by atoms with van der Waals surface area (Å²) in [4.78, 5) is 41.7. The fourth-order valence-electron chi connectivity index (χ4n) is 3.93. The maximum atomic E-state index is 12.4. The summed E-state index contributed by atoms with van der Waals surface area (Å²) in [5.74, 6) is -0.0693. The number of aromatic nitrogens is 2. The first kappa shape index (κ1) is 13.2. The van der Waals surface area contributed by atoms with Crippen LogP contribution in [0, 0.1) is 23.7 Å². The van der Waals surface area contributed by atoms with Gasteiger partial charge in [-0.1, -0.05) is 12.2 Å². The molecule has 1 N–H and O–H groups in total. The Hall–Kier alpha value is -2.44. The number of rotatable bonds is 3. The van der Waals surface area contributed by atoms with Gasteiger partial charge in [0.25, 0.3) is 0 Å². The van der Waals surface area contributed by atoms with Crippen LogP contribution in [0.2, 0.25) is 0 Å². The quantitative estimate of drug-likeness (QED) is 0.640. The van der Waals surface area contributed by atoms with E-state index in [0.717, 1.165) is 6.42 Å². The van der Waals surface area contributed by atoms with Gasteiger partial charge >= 0.3 is 6.03 Å². The van der Waals surface area contributed by atoms with Crippen LogP contribution < -0.4 is 5.32 Å². The molecule has 4 atom stereocenters. The third-order valence-electron chi connectivity index (χ3n) is 4.91. The fraction of sp³-hybridized carbons (Fsp3) is 0.467.